The monoisotopic (exact) mass is 465 g/mol. The fourth-order valence-corrected chi connectivity index (χ4v) is 4.07. The molecule has 0 unspecified atom stereocenters. The van der Waals surface area contributed by atoms with E-state index in [1.54, 1.807) is 31.2 Å². The minimum absolute atomic E-state index is 0.0749. The fraction of sp³-hybridized carbons (Fsp3) is 0.188. The highest BCUT2D eigenvalue weighted by Gasteiger charge is 2.28. The summed E-state index contributed by atoms with van der Waals surface area (Å²) >= 11 is 15.1. The van der Waals surface area contributed by atoms with Crippen molar-refractivity contribution in [2.75, 3.05) is 17.5 Å². The molecular weight excluding hydrogens is 453 g/mol. The maximum atomic E-state index is 13.0. The molecule has 2 rings (SSSR count). The normalized spacial score (nSPS) is 11.2. The molecule has 0 saturated carbocycles. The Morgan fingerprint density at radius 2 is 1.76 bits per heavy atom. The molecule has 2 aromatic rings. The molecule has 0 amide bonds. The lowest BCUT2D eigenvalue weighted by Gasteiger charge is -2.23. The second kappa shape index (κ2) is 8.40. The number of carbonyl (C=O) groups is 1. The highest BCUT2D eigenvalue weighted by molar-refractivity contribution is 9.10. The van der Waals surface area contributed by atoms with E-state index in [2.05, 4.69) is 15.9 Å². The number of carbonyl (C=O) groups excluding carboxylic acids is 1. The van der Waals surface area contributed by atoms with Crippen molar-refractivity contribution < 1.29 is 17.9 Å². The lowest BCUT2D eigenvalue weighted by molar-refractivity contribution is -0.141. The number of esters is 1. The van der Waals surface area contributed by atoms with Gasteiger partial charge >= 0.3 is 5.97 Å². The predicted octanol–water partition coefficient (Wildman–Crippen LogP) is 4.51. The highest BCUT2D eigenvalue weighted by atomic mass is 79.9. The van der Waals surface area contributed by atoms with Crippen LogP contribution in [-0.4, -0.2) is 27.5 Å². The van der Waals surface area contributed by atoms with Crippen LogP contribution in [0.2, 0.25) is 10.0 Å². The molecule has 5 nitrogen and oxygen atoms in total. The molecule has 0 aliphatic carbocycles. The van der Waals surface area contributed by atoms with E-state index in [0.29, 0.717) is 5.69 Å². The first-order valence-electron chi connectivity index (χ1n) is 7.14. The van der Waals surface area contributed by atoms with Crippen LogP contribution in [0.3, 0.4) is 0 Å². The summed E-state index contributed by atoms with van der Waals surface area (Å²) in [6.45, 7) is 1.34. The first-order valence-corrected chi connectivity index (χ1v) is 10.1. The summed E-state index contributed by atoms with van der Waals surface area (Å²) in [5.41, 5.74) is 0.322. The van der Waals surface area contributed by atoms with Crippen LogP contribution in [0.4, 0.5) is 5.69 Å². The SMILES string of the molecule is CCOC(=O)CN(c1ccc(Br)cc1)S(=O)(=O)c1ccc(Cl)c(Cl)c1. The summed E-state index contributed by atoms with van der Waals surface area (Å²) in [7, 11) is -4.05. The summed E-state index contributed by atoms with van der Waals surface area (Å²) in [5, 5.41) is 0.343. The molecule has 0 spiro atoms. The van der Waals surface area contributed by atoms with Gasteiger partial charge in [-0.05, 0) is 49.4 Å². The number of nitrogens with zero attached hydrogens (tertiary/aromatic N) is 1. The lowest BCUT2D eigenvalue weighted by atomic mass is 10.3. The molecule has 25 heavy (non-hydrogen) atoms. The molecule has 9 heteroatoms. The van der Waals surface area contributed by atoms with Gasteiger partial charge in [-0.3, -0.25) is 9.10 Å². The third-order valence-electron chi connectivity index (χ3n) is 3.17. The van der Waals surface area contributed by atoms with Crippen molar-refractivity contribution in [3.05, 3.63) is 57.0 Å². The first kappa shape index (κ1) is 20.0. The smallest absolute Gasteiger partial charge is 0.326 e. The van der Waals surface area contributed by atoms with Gasteiger partial charge in [0, 0.05) is 4.47 Å². The minimum Gasteiger partial charge on any atom is -0.465 e. The Kier molecular flexibility index (Phi) is 6.73. The molecule has 0 saturated heterocycles. The van der Waals surface area contributed by atoms with E-state index in [0.717, 1.165) is 8.78 Å². The van der Waals surface area contributed by atoms with Crippen LogP contribution in [0, 0.1) is 0 Å². The van der Waals surface area contributed by atoms with Gasteiger partial charge < -0.3 is 4.74 Å². The molecule has 2 aromatic carbocycles. The van der Waals surface area contributed by atoms with E-state index in [9.17, 15) is 13.2 Å². The molecule has 0 aromatic heterocycles. The summed E-state index contributed by atoms with van der Waals surface area (Å²) in [5.74, 6) is -0.658. The average molecular weight is 467 g/mol. The van der Waals surface area contributed by atoms with E-state index in [1.807, 2.05) is 0 Å². The third kappa shape index (κ3) is 4.88. The van der Waals surface area contributed by atoms with Gasteiger partial charge in [-0.15, -0.1) is 0 Å². The topological polar surface area (TPSA) is 63.7 Å². The third-order valence-corrected chi connectivity index (χ3v) is 6.21. The summed E-state index contributed by atoms with van der Waals surface area (Å²) < 4.78 is 32.7. The second-order valence-corrected chi connectivity index (χ2v) is 8.46. The van der Waals surface area contributed by atoms with Gasteiger partial charge in [0.2, 0.25) is 0 Å². The molecule has 0 N–H and O–H groups in total. The zero-order valence-electron chi connectivity index (χ0n) is 13.1. The van der Waals surface area contributed by atoms with E-state index < -0.39 is 22.5 Å². The number of hydrogen-bond donors (Lipinski definition) is 0. The molecular formula is C16H14BrCl2NO4S. The van der Waals surface area contributed by atoms with Crippen LogP contribution in [0.25, 0.3) is 0 Å². The van der Waals surface area contributed by atoms with Crippen molar-refractivity contribution in [1.82, 2.24) is 0 Å². The van der Waals surface area contributed by atoms with Gasteiger partial charge in [0.1, 0.15) is 6.54 Å². The lowest BCUT2D eigenvalue weighted by Crippen LogP contribution is -2.36. The maximum absolute atomic E-state index is 13.0. The molecule has 0 aliphatic heterocycles. The molecule has 0 bridgehead atoms. The maximum Gasteiger partial charge on any atom is 0.326 e. The Morgan fingerprint density at radius 1 is 1.12 bits per heavy atom. The van der Waals surface area contributed by atoms with E-state index in [-0.39, 0.29) is 21.5 Å². The number of ether oxygens (including phenoxy) is 1. The minimum atomic E-state index is -4.05. The zero-order chi connectivity index (χ0) is 18.6. The molecule has 0 heterocycles. The standard InChI is InChI=1S/C16H14BrCl2NO4S/c1-2-24-16(21)10-20(12-5-3-11(17)4-6-12)25(22,23)13-7-8-14(18)15(19)9-13/h3-9H,2,10H2,1H3. The van der Waals surface area contributed by atoms with Crippen molar-refractivity contribution in [2.24, 2.45) is 0 Å². The molecule has 134 valence electrons. The molecule has 0 atom stereocenters. The van der Waals surface area contributed by atoms with Gasteiger partial charge in [0.05, 0.1) is 27.2 Å². The quantitative estimate of drug-likeness (QED) is 0.587. The van der Waals surface area contributed by atoms with Crippen molar-refractivity contribution in [2.45, 2.75) is 11.8 Å². The van der Waals surface area contributed by atoms with Gasteiger partial charge in [-0.1, -0.05) is 39.1 Å². The van der Waals surface area contributed by atoms with Gasteiger partial charge in [-0.25, -0.2) is 8.42 Å². The van der Waals surface area contributed by atoms with Crippen LogP contribution < -0.4 is 4.31 Å². The van der Waals surface area contributed by atoms with Crippen molar-refractivity contribution in [1.29, 1.82) is 0 Å². The second-order valence-electron chi connectivity index (χ2n) is 4.87. The summed E-state index contributed by atoms with van der Waals surface area (Å²) in [6.07, 6.45) is 0. The fourth-order valence-electron chi connectivity index (χ4n) is 2.01. The largest absolute Gasteiger partial charge is 0.465 e. The molecule has 0 aliphatic rings. The number of hydrogen-bond acceptors (Lipinski definition) is 4. The Morgan fingerprint density at radius 3 is 2.32 bits per heavy atom. The Labute approximate surface area is 164 Å². The van der Waals surface area contributed by atoms with E-state index in [1.165, 1.54) is 18.2 Å². The van der Waals surface area contributed by atoms with Crippen LogP contribution in [0.5, 0.6) is 0 Å². The Hall–Kier alpha value is -1.28. The first-order chi connectivity index (χ1) is 11.8. The average Bonchev–Trinajstić information content (AvgIpc) is 2.56. The summed E-state index contributed by atoms with van der Waals surface area (Å²) in [6, 6.07) is 10.5. The zero-order valence-corrected chi connectivity index (χ0v) is 17.0. The number of halogens is 3. The highest BCUT2D eigenvalue weighted by Crippen LogP contribution is 2.29. The Bertz CT molecular complexity index is 872. The van der Waals surface area contributed by atoms with Crippen molar-refractivity contribution in [3.63, 3.8) is 0 Å². The predicted molar refractivity (Wildman–Crippen MR) is 102 cm³/mol. The van der Waals surface area contributed by atoms with Gasteiger partial charge in [0.15, 0.2) is 0 Å². The number of benzene rings is 2. The van der Waals surface area contributed by atoms with E-state index in [4.69, 9.17) is 27.9 Å². The van der Waals surface area contributed by atoms with Crippen molar-refractivity contribution >= 4 is 60.8 Å². The van der Waals surface area contributed by atoms with E-state index >= 15 is 0 Å². The van der Waals surface area contributed by atoms with Gasteiger partial charge in [-0.2, -0.15) is 0 Å². The number of anilines is 1. The van der Waals surface area contributed by atoms with Crippen molar-refractivity contribution in [3.8, 4) is 0 Å². The molecule has 0 fully saturated rings. The van der Waals surface area contributed by atoms with Crippen LogP contribution in [-0.2, 0) is 19.6 Å². The molecule has 0 radical (unpaired) electrons. The summed E-state index contributed by atoms with van der Waals surface area (Å²) in [4.78, 5) is 11.8. The van der Waals surface area contributed by atoms with Gasteiger partial charge in [0.25, 0.3) is 10.0 Å². The number of sulfonamides is 1. The van der Waals surface area contributed by atoms with Crippen LogP contribution in [0.15, 0.2) is 51.8 Å². The van der Waals surface area contributed by atoms with Crippen LogP contribution >= 0.6 is 39.1 Å². The van der Waals surface area contributed by atoms with Crippen LogP contribution in [0.1, 0.15) is 6.92 Å². The number of rotatable bonds is 6. The Balaban J connectivity index is 2.50.